The van der Waals surface area contributed by atoms with E-state index in [1.807, 2.05) is 18.2 Å². The Balaban J connectivity index is 1.86. The summed E-state index contributed by atoms with van der Waals surface area (Å²) in [5.74, 6) is -0.882. The monoisotopic (exact) mass is 297 g/mol. The van der Waals surface area contributed by atoms with Gasteiger partial charge in [0, 0.05) is 26.0 Å². The van der Waals surface area contributed by atoms with Gasteiger partial charge in [0.2, 0.25) is 0 Å². The molecule has 2 aromatic heterocycles. The highest BCUT2D eigenvalue weighted by molar-refractivity contribution is 6.42. The Morgan fingerprint density at radius 2 is 2.05 bits per heavy atom. The van der Waals surface area contributed by atoms with Crippen molar-refractivity contribution < 1.29 is 9.59 Å². The van der Waals surface area contributed by atoms with Gasteiger partial charge in [-0.3, -0.25) is 14.6 Å². The molecule has 1 atom stereocenters. The van der Waals surface area contributed by atoms with Crippen molar-refractivity contribution >= 4 is 11.7 Å². The third kappa shape index (κ3) is 2.66. The van der Waals surface area contributed by atoms with E-state index in [2.05, 4.69) is 4.98 Å². The van der Waals surface area contributed by atoms with Crippen LogP contribution in [0.1, 0.15) is 41.5 Å². The van der Waals surface area contributed by atoms with E-state index in [-0.39, 0.29) is 6.04 Å². The molecule has 3 heterocycles. The summed E-state index contributed by atoms with van der Waals surface area (Å²) in [5.41, 5.74) is 1.28. The number of nitrogens with zero attached hydrogens (tertiary/aromatic N) is 3. The molecule has 1 amide bonds. The summed E-state index contributed by atoms with van der Waals surface area (Å²) < 4.78 is 1.68. The zero-order chi connectivity index (χ0) is 15.5. The van der Waals surface area contributed by atoms with E-state index in [0.29, 0.717) is 12.2 Å². The van der Waals surface area contributed by atoms with Crippen molar-refractivity contribution in [2.45, 2.75) is 25.3 Å². The number of aryl methyl sites for hydroxylation is 1. The van der Waals surface area contributed by atoms with Crippen LogP contribution in [0.2, 0.25) is 0 Å². The molecule has 0 unspecified atom stereocenters. The molecule has 5 nitrogen and oxygen atoms in total. The predicted octanol–water partition coefficient (Wildman–Crippen LogP) is 2.36. The molecule has 114 valence electrons. The second kappa shape index (κ2) is 6.13. The van der Waals surface area contributed by atoms with Gasteiger partial charge in [-0.1, -0.05) is 6.07 Å². The third-order valence-electron chi connectivity index (χ3n) is 4.16. The number of ketones is 1. The normalized spacial score (nSPS) is 18.2. The van der Waals surface area contributed by atoms with Gasteiger partial charge in [0.05, 0.1) is 17.4 Å². The lowest BCUT2D eigenvalue weighted by Gasteiger charge is -2.34. The standard InChI is InChI=1S/C17H19N3O2/c1-19-11-6-9-15(19)16(21)17(22)20-12-5-3-8-14(20)13-7-2-4-10-18-13/h2,4,6-7,9-11,14H,3,5,8,12H2,1H3/t14-/m0/s1. The summed E-state index contributed by atoms with van der Waals surface area (Å²) in [6.07, 6.45) is 6.32. The SMILES string of the molecule is Cn1cccc1C(=O)C(=O)N1CCCC[C@H]1c1ccccn1. The topological polar surface area (TPSA) is 55.2 Å². The number of hydrogen-bond donors (Lipinski definition) is 0. The Morgan fingerprint density at radius 3 is 2.73 bits per heavy atom. The van der Waals surface area contributed by atoms with Crippen molar-refractivity contribution in [3.63, 3.8) is 0 Å². The first-order valence-electron chi connectivity index (χ1n) is 7.56. The van der Waals surface area contributed by atoms with E-state index in [1.54, 1.807) is 41.0 Å². The van der Waals surface area contributed by atoms with Gasteiger partial charge in [-0.2, -0.15) is 0 Å². The van der Waals surface area contributed by atoms with E-state index in [1.165, 1.54) is 0 Å². The first-order valence-corrected chi connectivity index (χ1v) is 7.56. The minimum atomic E-state index is -0.449. The molecule has 3 rings (SSSR count). The maximum Gasteiger partial charge on any atom is 0.297 e. The zero-order valence-corrected chi connectivity index (χ0v) is 12.6. The fourth-order valence-corrected chi connectivity index (χ4v) is 2.99. The van der Waals surface area contributed by atoms with Crippen LogP contribution >= 0.6 is 0 Å². The Kier molecular flexibility index (Phi) is 4.04. The Hall–Kier alpha value is -2.43. The first kappa shape index (κ1) is 14.5. The second-order valence-electron chi connectivity index (χ2n) is 5.60. The zero-order valence-electron chi connectivity index (χ0n) is 12.6. The average molecular weight is 297 g/mol. The smallest absolute Gasteiger partial charge is 0.297 e. The van der Waals surface area contributed by atoms with Crippen LogP contribution in [0.25, 0.3) is 0 Å². The summed E-state index contributed by atoms with van der Waals surface area (Å²) in [6.45, 7) is 0.607. The van der Waals surface area contributed by atoms with E-state index < -0.39 is 11.7 Å². The summed E-state index contributed by atoms with van der Waals surface area (Å²) in [4.78, 5) is 31.2. The average Bonchev–Trinajstić information content (AvgIpc) is 3.00. The van der Waals surface area contributed by atoms with Gasteiger partial charge in [0.1, 0.15) is 0 Å². The maximum atomic E-state index is 12.7. The molecule has 5 heteroatoms. The van der Waals surface area contributed by atoms with Gasteiger partial charge in [-0.25, -0.2) is 0 Å². The van der Waals surface area contributed by atoms with Gasteiger partial charge in [-0.05, 0) is 43.5 Å². The molecule has 0 radical (unpaired) electrons. The summed E-state index contributed by atoms with van der Waals surface area (Å²) >= 11 is 0. The molecule has 0 aliphatic carbocycles. The van der Waals surface area contributed by atoms with Crippen molar-refractivity contribution in [2.24, 2.45) is 7.05 Å². The van der Waals surface area contributed by atoms with E-state index in [0.717, 1.165) is 25.0 Å². The molecule has 0 aromatic carbocycles. The summed E-state index contributed by atoms with van der Waals surface area (Å²) in [7, 11) is 1.77. The molecule has 1 aliphatic rings. The fraction of sp³-hybridized carbons (Fsp3) is 0.353. The first-order chi connectivity index (χ1) is 10.7. The van der Waals surface area contributed by atoms with Crippen molar-refractivity contribution in [3.05, 3.63) is 54.1 Å². The van der Waals surface area contributed by atoms with Gasteiger partial charge in [-0.15, -0.1) is 0 Å². The molecule has 1 aliphatic heterocycles. The lowest BCUT2D eigenvalue weighted by molar-refractivity contribution is -0.130. The van der Waals surface area contributed by atoms with E-state index in [4.69, 9.17) is 0 Å². The van der Waals surface area contributed by atoms with Crippen molar-refractivity contribution in [3.8, 4) is 0 Å². The number of likely N-dealkylation sites (tertiary alicyclic amines) is 1. The molecule has 0 bridgehead atoms. The van der Waals surface area contributed by atoms with Crippen molar-refractivity contribution in [1.29, 1.82) is 0 Å². The van der Waals surface area contributed by atoms with Crippen LogP contribution in [-0.4, -0.2) is 32.7 Å². The molecule has 0 saturated carbocycles. The fourth-order valence-electron chi connectivity index (χ4n) is 2.99. The van der Waals surface area contributed by atoms with Gasteiger partial charge in [0.25, 0.3) is 11.7 Å². The van der Waals surface area contributed by atoms with Crippen molar-refractivity contribution in [2.75, 3.05) is 6.54 Å². The largest absolute Gasteiger partial charge is 0.348 e. The Bertz CT molecular complexity index is 678. The van der Waals surface area contributed by atoms with E-state index >= 15 is 0 Å². The molecule has 1 fully saturated rings. The van der Waals surface area contributed by atoms with Gasteiger partial charge < -0.3 is 9.47 Å². The van der Waals surface area contributed by atoms with Crippen LogP contribution in [0.15, 0.2) is 42.7 Å². The second-order valence-corrected chi connectivity index (χ2v) is 5.60. The molecule has 0 spiro atoms. The summed E-state index contributed by atoms with van der Waals surface area (Å²) in [5, 5.41) is 0. The van der Waals surface area contributed by atoms with Crippen LogP contribution in [0.5, 0.6) is 0 Å². The predicted molar refractivity (Wildman–Crippen MR) is 82.3 cm³/mol. The Labute approximate surface area is 129 Å². The van der Waals surface area contributed by atoms with Crippen molar-refractivity contribution in [1.82, 2.24) is 14.5 Å². The number of Topliss-reactive ketones (excluding diaryl/α,β-unsaturated/α-hetero) is 1. The van der Waals surface area contributed by atoms with Crippen LogP contribution in [0, 0.1) is 0 Å². The third-order valence-corrected chi connectivity index (χ3v) is 4.16. The molecule has 22 heavy (non-hydrogen) atoms. The van der Waals surface area contributed by atoms with Crippen LogP contribution in [0.3, 0.4) is 0 Å². The highest BCUT2D eigenvalue weighted by Crippen LogP contribution is 2.30. The van der Waals surface area contributed by atoms with Gasteiger partial charge >= 0.3 is 0 Å². The number of piperidine rings is 1. The number of hydrogen-bond acceptors (Lipinski definition) is 3. The summed E-state index contributed by atoms with van der Waals surface area (Å²) in [6, 6.07) is 9.04. The van der Waals surface area contributed by atoms with E-state index in [9.17, 15) is 9.59 Å². The molecule has 2 aromatic rings. The maximum absolute atomic E-state index is 12.7. The number of rotatable bonds is 3. The molecule has 1 saturated heterocycles. The quantitative estimate of drug-likeness (QED) is 0.645. The molecular formula is C17H19N3O2. The number of aromatic nitrogens is 2. The lowest BCUT2D eigenvalue weighted by Crippen LogP contribution is -2.43. The van der Waals surface area contributed by atoms with Crippen LogP contribution in [0.4, 0.5) is 0 Å². The number of carbonyl (C=O) groups excluding carboxylic acids is 2. The number of amides is 1. The number of carbonyl (C=O) groups is 2. The minimum absolute atomic E-state index is 0.105. The lowest BCUT2D eigenvalue weighted by atomic mass is 9.98. The van der Waals surface area contributed by atoms with Crippen LogP contribution < -0.4 is 0 Å². The Morgan fingerprint density at radius 1 is 1.18 bits per heavy atom. The highest BCUT2D eigenvalue weighted by atomic mass is 16.2. The highest BCUT2D eigenvalue weighted by Gasteiger charge is 2.33. The van der Waals surface area contributed by atoms with Gasteiger partial charge in [0.15, 0.2) is 0 Å². The van der Waals surface area contributed by atoms with Crippen LogP contribution in [-0.2, 0) is 11.8 Å². The minimum Gasteiger partial charge on any atom is -0.348 e. The molecular weight excluding hydrogens is 278 g/mol. The molecule has 0 N–H and O–H groups in total. The number of pyridine rings is 1.